The molecule has 4 rings (SSSR count). The van der Waals surface area contributed by atoms with E-state index >= 15 is 0 Å². The van der Waals surface area contributed by atoms with E-state index in [1.54, 1.807) is 6.20 Å². The Kier molecular flexibility index (Phi) is 4.11. The lowest BCUT2D eigenvalue weighted by atomic mass is 10.2. The predicted molar refractivity (Wildman–Crippen MR) is 84.7 cm³/mol. The molecule has 0 aliphatic carbocycles. The molecule has 0 saturated carbocycles. The number of fused-ring (bicyclic) bond motifs is 1. The van der Waals surface area contributed by atoms with Crippen LogP contribution in [0.25, 0.3) is 5.65 Å². The zero-order valence-electron chi connectivity index (χ0n) is 13.4. The molecule has 4 heterocycles. The fourth-order valence-corrected chi connectivity index (χ4v) is 3.21. The maximum absolute atomic E-state index is 5.74. The van der Waals surface area contributed by atoms with Gasteiger partial charge in [0.2, 0.25) is 0 Å². The van der Waals surface area contributed by atoms with E-state index < -0.39 is 0 Å². The summed E-state index contributed by atoms with van der Waals surface area (Å²) in [6, 6.07) is 0. The van der Waals surface area contributed by atoms with E-state index in [2.05, 4.69) is 24.9 Å². The van der Waals surface area contributed by atoms with Crippen molar-refractivity contribution in [3.63, 3.8) is 0 Å². The van der Waals surface area contributed by atoms with Crippen molar-refractivity contribution in [2.75, 3.05) is 57.4 Å². The molecular formula is C15H22N6O2. The second-order valence-corrected chi connectivity index (χ2v) is 6.05. The summed E-state index contributed by atoms with van der Waals surface area (Å²) in [5, 5.41) is 4.47. The SMILES string of the molecule is Cc1nc2cncc(N3CCN(CC4COCCO4)CC3)n2n1. The summed E-state index contributed by atoms with van der Waals surface area (Å²) in [5.41, 5.74) is 0.801. The number of aromatic nitrogens is 4. The molecule has 2 aliphatic heterocycles. The Balaban J connectivity index is 1.40. The molecule has 8 heteroatoms. The van der Waals surface area contributed by atoms with Crippen LogP contribution in [0.5, 0.6) is 0 Å². The summed E-state index contributed by atoms with van der Waals surface area (Å²) in [4.78, 5) is 13.4. The van der Waals surface area contributed by atoms with Crippen molar-refractivity contribution < 1.29 is 9.47 Å². The van der Waals surface area contributed by atoms with Gasteiger partial charge in [-0.15, -0.1) is 5.10 Å². The van der Waals surface area contributed by atoms with Crippen LogP contribution in [0.2, 0.25) is 0 Å². The Bertz CT molecular complexity index is 661. The molecule has 8 nitrogen and oxygen atoms in total. The minimum absolute atomic E-state index is 0.207. The van der Waals surface area contributed by atoms with Gasteiger partial charge >= 0.3 is 0 Å². The van der Waals surface area contributed by atoms with Gasteiger partial charge in [-0.1, -0.05) is 0 Å². The van der Waals surface area contributed by atoms with Gasteiger partial charge in [0.25, 0.3) is 0 Å². The molecule has 0 N–H and O–H groups in total. The van der Waals surface area contributed by atoms with E-state index in [1.165, 1.54) is 0 Å². The summed E-state index contributed by atoms with van der Waals surface area (Å²) in [5.74, 6) is 1.78. The summed E-state index contributed by atoms with van der Waals surface area (Å²) < 4.78 is 13.1. The normalized spacial score (nSPS) is 23.5. The van der Waals surface area contributed by atoms with E-state index in [4.69, 9.17) is 9.47 Å². The highest BCUT2D eigenvalue weighted by Gasteiger charge is 2.23. The van der Waals surface area contributed by atoms with Gasteiger partial charge in [-0.3, -0.25) is 9.88 Å². The maximum Gasteiger partial charge on any atom is 0.176 e. The van der Waals surface area contributed by atoms with E-state index in [1.807, 2.05) is 17.6 Å². The molecule has 2 saturated heterocycles. The highest BCUT2D eigenvalue weighted by atomic mass is 16.6. The number of ether oxygens (including phenoxy) is 2. The van der Waals surface area contributed by atoms with Gasteiger partial charge in [-0.05, 0) is 6.92 Å². The second-order valence-electron chi connectivity index (χ2n) is 6.05. The third-order valence-electron chi connectivity index (χ3n) is 4.38. The second kappa shape index (κ2) is 6.38. The molecule has 0 amide bonds. The van der Waals surface area contributed by atoms with Crippen LogP contribution in [0.3, 0.4) is 0 Å². The van der Waals surface area contributed by atoms with Gasteiger partial charge in [0, 0.05) is 32.7 Å². The minimum Gasteiger partial charge on any atom is -0.376 e. The summed E-state index contributed by atoms with van der Waals surface area (Å²) >= 11 is 0. The van der Waals surface area contributed by atoms with Gasteiger partial charge < -0.3 is 14.4 Å². The monoisotopic (exact) mass is 318 g/mol. The predicted octanol–water partition coefficient (Wildman–Crippen LogP) is -0.0299. The Labute approximate surface area is 135 Å². The van der Waals surface area contributed by atoms with Crippen LogP contribution in [0.4, 0.5) is 5.82 Å². The smallest absolute Gasteiger partial charge is 0.176 e. The van der Waals surface area contributed by atoms with Crippen LogP contribution in [-0.2, 0) is 9.47 Å². The third-order valence-corrected chi connectivity index (χ3v) is 4.38. The number of rotatable bonds is 3. The molecule has 0 aromatic carbocycles. The van der Waals surface area contributed by atoms with Crippen LogP contribution in [0.1, 0.15) is 5.82 Å². The van der Waals surface area contributed by atoms with E-state index in [-0.39, 0.29) is 6.10 Å². The van der Waals surface area contributed by atoms with Crippen LogP contribution in [0, 0.1) is 6.92 Å². The number of hydrogen-bond donors (Lipinski definition) is 0. The van der Waals surface area contributed by atoms with Crippen molar-refractivity contribution in [1.29, 1.82) is 0 Å². The van der Waals surface area contributed by atoms with Gasteiger partial charge in [0.15, 0.2) is 11.5 Å². The fraction of sp³-hybridized carbons (Fsp3) is 0.667. The Morgan fingerprint density at radius 2 is 2.04 bits per heavy atom. The fourth-order valence-electron chi connectivity index (χ4n) is 3.21. The van der Waals surface area contributed by atoms with Gasteiger partial charge in [0.1, 0.15) is 5.82 Å². The van der Waals surface area contributed by atoms with Crippen molar-refractivity contribution >= 4 is 11.5 Å². The van der Waals surface area contributed by atoms with Gasteiger partial charge in [-0.2, -0.15) is 4.52 Å². The highest BCUT2D eigenvalue weighted by Crippen LogP contribution is 2.17. The molecule has 124 valence electrons. The lowest BCUT2D eigenvalue weighted by Gasteiger charge is -2.37. The van der Waals surface area contributed by atoms with Gasteiger partial charge in [-0.25, -0.2) is 4.98 Å². The summed E-state index contributed by atoms with van der Waals surface area (Å²) in [7, 11) is 0. The van der Waals surface area contributed by atoms with Crippen LogP contribution in [0.15, 0.2) is 12.4 Å². The molecule has 0 radical (unpaired) electrons. The largest absolute Gasteiger partial charge is 0.376 e. The van der Waals surface area contributed by atoms with E-state index in [0.717, 1.165) is 56.6 Å². The number of hydrogen-bond acceptors (Lipinski definition) is 7. The molecule has 2 fully saturated rings. The molecule has 2 aliphatic rings. The molecule has 2 aromatic heterocycles. The van der Waals surface area contributed by atoms with Crippen molar-refractivity contribution in [1.82, 2.24) is 24.5 Å². The Morgan fingerprint density at radius 3 is 2.83 bits per heavy atom. The zero-order valence-corrected chi connectivity index (χ0v) is 13.4. The first-order valence-corrected chi connectivity index (χ1v) is 8.13. The molecule has 2 aromatic rings. The zero-order chi connectivity index (χ0) is 15.6. The number of aryl methyl sites for hydroxylation is 1. The van der Waals surface area contributed by atoms with Gasteiger partial charge in [0.05, 0.1) is 38.3 Å². The first-order chi connectivity index (χ1) is 11.3. The lowest BCUT2D eigenvalue weighted by Crippen LogP contribution is -2.50. The number of nitrogens with zero attached hydrogens (tertiary/aromatic N) is 6. The molecular weight excluding hydrogens is 296 g/mol. The third kappa shape index (κ3) is 3.15. The summed E-state index contributed by atoms with van der Waals surface area (Å²) in [6.07, 6.45) is 3.83. The maximum atomic E-state index is 5.74. The average Bonchev–Trinajstić information content (AvgIpc) is 2.97. The Hall–Kier alpha value is -1.77. The average molecular weight is 318 g/mol. The first kappa shape index (κ1) is 14.8. The first-order valence-electron chi connectivity index (χ1n) is 8.13. The van der Waals surface area contributed by atoms with Crippen LogP contribution >= 0.6 is 0 Å². The van der Waals surface area contributed by atoms with Crippen molar-refractivity contribution in [2.24, 2.45) is 0 Å². The molecule has 0 spiro atoms. The Morgan fingerprint density at radius 1 is 1.17 bits per heavy atom. The van der Waals surface area contributed by atoms with E-state index in [9.17, 15) is 0 Å². The quantitative estimate of drug-likeness (QED) is 0.787. The standard InChI is InChI=1S/C15H22N6O2/c1-12-17-14-8-16-9-15(21(14)18-12)20-4-2-19(3-5-20)10-13-11-22-6-7-23-13/h8-9,13H,2-7,10-11H2,1H3. The van der Waals surface area contributed by atoms with Crippen molar-refractivity contribution in [2.45, 2.75) is 13.0 Å². The highest BCUT2D eigenvalue weighted by molar-refractivity contribution is 5.47. The van der Waals surface area contributed by atoms with Crippen molar-refractivity contribution in [3.8, 4) is 0 Å². The lowest BCUT2D eigenvalue weighted by molar-refractivity contribution is -0.0977. The molecule has 23 heavy (non-hydrogen) atoms. The van der Waals surface area contributed by atoms with Crippen LogP contribution < -0.4 is 4.90 Å². The van der Waals surface area contributed by atoms with Crippen LogP contribution in [-0.4, -0.2) is 83.1 Å². The molecule has 0 bridgehead atoms. The number of anilines is 1. The molecule has 1 atom stereocenters. The van der Waals surface area contributed by atoms with Crippen molar-refractivity contribution in [3.05, 3.63) is 18.2 Å². The minimum atomic E-state index is 0.207. The number of piperazine rings is 1. The topological polar surface area (TPSA) is 68.0 Å². The summed E-state index contributed by atoms with van der Waals surface area (Å²) in [6.45, 7) is 8.90. The van der Waals surface area contributed by atoms with E-state index in [0.29, 0.717) is 13.2 Å². The molecule has 1 unspecified atom stereocenters.